The summed E-state index contributed by atoms with van der Waals surface area (Å²) >= 11 is 1.57. The van der Waals surface area contributed by atoms with Crippen LogP contribution in [-0.2, 0) is 9.59 Å². The molecule has 2 aromatic rings. The van der Waals surface area contributed by atoms with E-state index in [1.54, 1.807) is 47.7 Å². The number of hydrogen-bond acceptors (Lipinski definition) is 3. The van der Waals surface area contributed by atoms with Crippen LogP contribution < -0.4 is 5.32 Å². The van der Waals surface area contributed by atoms with Crippen LogP contribution in [0.1, 0.15) is 21.4 Å². The number of carbonyl (C=O) groups is 2. The number of thiophene rings is 1. The van der Waals surface area contributed by atoms with E-state index in [1.165, 1.54) is 6.08 Å². The number of nitrogens with one attached hydrogen (secondary N) is 1. The zero-order chi connectivity index (χ0) is 15.2. The molecule has 0 spiro atoms. The van der Waals surface area contributed by atoms with Gasteiger partial charge in [-0.2, -0.15) is 0 Å². The first-order valence-corrected chi connectivity index (χ1v) is 7.20. The van der Waals surface area contributed by atoms with Gasteiger partial charge in [0.05, 0.1) is 0 Å². The van der Waals surface area contributed by atoms with Crippen molar-refractivity contribution in [2.75, 3.05) is 0 Å². The highest BCUT2D eigenvalue weighted by atomic mass is 32.1. The quantitative estimate of drug-likeness (QED) is 0.834. The van der Waals surface area contributed by atoms with Crippen molar-refractivity contribution in [2.24, 2.45) is 0 Å². The van der Waals surface area contributed by atoms with Crippen LogP contribution in [0.5, 0.6) is 0 Å². The minimum Gasteiger partial charge on any atom is -0.479 e. The van der Waals surface area contributed by atoms with Crippen molar-refractivity contribution in [2.45, 2.75) is 13.0 Å². The second-order valence-electron chi connectivity index (χ2n) is 4.47. The van der Waals surface area contributed by atoms with Crippen molar-refractivity contribution in [3.05, 3.63) is 63.9 Å². The van der Waals surface area contributed by atoms with Crippen LogP contribution in [0.25, 0.3) is 6.08 Å². The zero-order valence-electron chi connectivity index (χ0n) is 11.4. The average molecular weight is 301 g/mol. The molecule has 21 heavy (non-hydrogen) atoms. The Morgan fingerprint density at radius 2 is 1.90 bits per heavy atom. The molecule has 0 saturated heterocycles. The fourth-order valence-corrected chi connectivity index (χ4v) is 2.60. The van der Waals surface area contributed by atoms with E-state index in [4.69, 9.17) is 0 Å². The molecule has 108 valence electrons. The summed E-state index contributed by atoms with van der Waals surface area (Å²) in [6, 6.07) is 11.4. The molecule has 1 amide bonds. The van der Waals surface area contributed by atoms with Gasteiger partial charge < -0.3 is 10.4 Å². The number of carboxylic acid groups (broad SMARTS) is 1. The van der Waals surface area contributed by atoms with Gasteiger partial charge in [0, 0.05) is 15.8 Å². The van der Waals surface area contributed by atoms with Crippen LogP contribution >= 0.6 is 11.3 Å². The van der Waals surface area contributed by atoms with E-state index in [1.807, 2.05) is 19.1 Å². The monoisotopic (exact) mass is 301 g/mol. The predicted molar refractivity (Wildman–Crippen MR) is 83.1 cm³/mol. The van der Waals surface area contributed by atoms with Crippen LogP contribution in [0.2, 0.25) is 0 Å². The van der Waals surface area contributed by atoms with Gasteiger partial charge in [-0.25, -0.2) is 4.79 Å². The maximum atomic E-state index is 11.9. The molecule has 0 aliphatic heterocycles. The van der Waals surface area contributed by atoms with Gasteiger partial charge in [-0.15, -0.1) is 11.3 Å². The number of rotatable bonds is 5. The van der Waals surface area contributed by atoms with Gasteiger partial charge >= 0.3 is 5.97 Å². The number of carboxylic acids is 1. The molecule has 1 atom stereocenters. The normalized spacial score (nSPS) is 12.2. The molecule has 0 saturated carbocycles. The van der Waals surface area contributed by atoms with E-state index in [-0.39, 0.29) is 0 Å². The Hall–Kier alpha value is -2.40. The van der Waals surface area contributed by atoms with Crippen molar-refractivity contribution >= 4 is 29.3 Å². The molecule has 0 radical (unpaired) electrons. The van der Waals surface area contributed by atoms with E-state index in [0.717, 1.165) is 9.75 Å². The molecule has 2 N–H and O–H groups in total. The third-order valence-corrected chi connectivity index (χ3v) is 3.79. The topological polar surface area (TPSA) is 66.4 Å². The van der Waals surface area contributed by atoms with Gasteiger partial charge in [0.25, 0.3) is 0 Å². The molecule has 2 rings (SSSR count). The van der Waals surface area contributed by atoms with E-state index in [2.05, 4.69) is 5.32 Å². The standard InChI is InChI=1S/C16H15NO3S/c1-11-7-8-13(21-11)9-10-14(18)17-15(16(19)20)12-5-3-2-4-6-12/h2-10,15H,1H3,(H,17,18)(H,19,20)/b10-9+/t15-/m0/s1. The first-order chi connectivity index (χ1) is 10.1. The third kappa shape index (κ3) is 4.29. The van der Waals surface area contributed by atoms with Gasteiger partial charge in [-0.3, -0.25) is 4.79 Å². The molecule has 4 nitrogen and oxygen atoms in total. The minimum absolute atomic E-state index is 0.433. The lowest BCUT2D eigenvalue weighted by Crippen LogP contribution is -2.32. The summed E-state index contributed by atoms with van der Waals surface area (Å²) in [4.78, 5) is 25.2. The van der Waals surface area contributed by atoms with Crippen LogP contribution in [0.15, 0.2) is 48.5 Å². The van der Waals surface area contributed by atoms with Gasteiger partial charge in [0.2, 0.25) is 5.91 Å². The summed E-state index contributed by atoms with van der Waals surface area (Å²) in [6.45, 7) is 1.98. The van der Waals surface area contributed by atoms with Crippen molar-refractivity contribution in [1.82, 2.24) is 5.32 Å². The molecular weight excluding hydrogens is 286 g/mol. The zero-order valence-corrected chi connectivity index (χ0v) is 12.3. The Kier molecular flexibility index (Phi) is 4.90. The van der Waals surface area contributed by atoms with Crippen LogP contribution in [-0.4, -0.2) is 17.0 Å². The Morgan fingerprint density at radius 3 is 2.48 bits per heavy atom. The largest absolute Gasteiger partial charge is 0.479 e. The van der Waals surface area contributed by atoms with E-state index in [9.17, 15) is 14.7 Å². The van der Waals surface area contributed by atoms with Crippen LogP contribution in [0, 0.1) is 6.92 Å². The summed E-state index contributed by atoms with van der Waals surface area (Å²) in [5.41, 5.74) is 0.540. The van der Waals surface area contributed by atoms with Gasteiger partial charge in [-0.05, 0) is 30.7 Å². The number of hydrogen-bond donors (Lipinski definition) is 2. The fraction of sp³-hybridized carbons (Fsp3) is 0.125. The van der Waals surface area contributed by atoms with Gasteiger partial charge in [0.15, 0.2) is 6.04 Å². The number of benzene rings is 1. The fourth-order valence-electron chi connectivity index (χ4n) is 1.82. The van der Waals surface area contributed by atoms with Crippen LogP contribution in [0.3, 0.4) is 0 Å². The third-order valence-electron chi connectivity index (χ3n) is 2.83. The lowest BCUT2D eigenvalue weighted by molar-refractivity contribution is -0.141. The molecule has 0 aliphatic rings. The first kappa shape index (κ1) is 15.0. The lowest BCUT2D eigenvalue weighted by Gasteiger charge is -2.13. The van der Waals surface area contributed by atoms with E-state index < -0.39 is 17.9 Å². The molecular formula is C16H15NO3S. The number of amides is 1. The molecule has 5 heteroatoms. The molecule has 0 bridgehead atoms. The molecule has 1 heterocycles. The van der Waals surface area contributed by atoms with Crippen LogP contribution in [0.4, 0.5) is 0 Å². The van der Waals surface area contributed by atoms with Gasteiger partial charge in [-0.1, -0.05) is 30.3 Å². The number of carbonyl (C=O) groups excluding carboxylic acids is 1. The maximum absolute atomic E-state index is 11.9. The molecule has 1 aromatic heterocycles. The minimum atomic E-state index is -1.09. The molecule has 1 aromatic carbocycles. The highest BCUT2D eigenvalue weighted by Gasteiger charge is 2.20. The Labute approximate surface area is 126 Å². The van der Waals surface area contributed by atoms with Crippen molar-refractivity contribution in [3.63, 3.8) is 0 Å². The summed E-state index contributed by atoms with van der Waals surface area (Å²) in [6.07, 6.45) is 3.03. The van der Waals surface area contributed by atoms with Gasteiger partial charge in [0.1, 0.15) is 0 Å². The van der Waals surface area contributed by atoms with Crippen molar-refractivity contribution < 1.29 is 14.7 Å². The summed E-state index contributed by atoms with van der Waals surface area (Å²) in [7, 11) is 0. The highest BCUT2D eigenvalue weighted by Crippen LogP contribution is 2.17. The summed E-state index contributed by atoms with van der Waals surface area (Å²) < 4.78 is 0. The molecule has 0 aliphatic carbocycles. The summed E-state index contributed by atoms with van der Waals surface area (Å²) in [5.74, 6) is -1.52. The Balaban J connectivity index is 2.05. The Bertz CT molecular complexity index is 661. The van der Waals surface area contributed by atoms with E-state index >= 15 is 0 Å². The van der Waals surface area contributed by atoms with Crippen molar-refractivity contribution in [1.29, 1.82) is 0 Å². The first-order valence-electron chi connectivity index (χ1n) is 6.39. The predicted octanol–water partition coefficient (Wildman–Crippen LogP) is 3.01. The maximum Gasteiger partial charge on any atom is 0.330 e. The number of aryl methyl sites for hydroxylation is 1. The Morgan fingerprint density at radius 1 is 1.19 bits per heavy atom. The number of aliphatic carboxylic acids is 1. The average Bonchev–Trinajstić information content (AvgIpc) is 2.89. The second kappa shape index (κ2) is 6.85. The van der Waals surface area contributed by atoms with E-state index in [0.29, 0.717) is 5.56 Å². The highest BCUT2D eigenvalue weighted by molar-refractivity contribution is 7.12. The smallest absolute Gasteiger partial charge is 0.330 e. The molecule has 0 unspecified atom stereocenters. The second-order valence-corrected chi connectivity index (χ2v) is 5.79. The summed E-state index contributed by atoms with van der Waals surface area (Å²) in [5, 5.41) is 11.7. The lowest BCUT2D eigenvalue weighted by atomic mass is 10.1. The SMILES string of the molecule is Cc1ccc(/C=C/C(=O)N[C@H](C(=O)O)c2ccccc2)s1. The van der Waals surface area contributed by atoms with Crippen molar-refractivity contribution in [3.8, 4) is 0 Å². The molecule has 0 fully saturated rings.